The number of nitrogens with zero attached hydrogens (tertiary/aromatic N) is 3. The van der Waals surface area contributed by atoms with Crippen molar-refractivity contribution in [2.45, 2.75) is 11.7 Å². The Hall–Kier alpha value is -3.49. The fourth-order valence-corrected chi connectivity index (χ4v) is 4.17. The number of Topliss-reactive ketones (excluding diaryl/α,β-unsaturated/α-hetero) is 1. The van der Waals surface area contributed by atoms with Gasteiger partial charge in [0.05, 0.1) is 23.5 Å². The summed E-state index contributed by atoms with van der Waals surface area (Å²) in [6, 6.07) is 21.8. The minimum Gasteiger partial charge on any atom is -0.345 e. The van der Waals surface area contributed by atoms with Crippen molar-refractivity contribution in [3.8, 4) is 5.69 Å². The molecule has 1 heterocycles. The molecule has 0 spiro atoms. The number of aromatic nitrogens is 3. The van der Waals surface area contributed by atoms with Crippen LogP contribution < -0.4 is 5.32 Å². The number of ketones is 1. The zero-order chi connectivity index (χ0) is 23.2. The van der Waals surface area contributed by atoms with Crippen LogP contribution in [-0.2, 0) is 6.54 Å². The second-order valence-electron chi connectivity index (χ2n) is 6.95. The van der Waals surface area contributed by atoms with Crippen molar-refractivity contribution in [2.75, 3.05) is 5.75 Å². The quantitative estimate of drug-likeness (QED) is 0.285. The number of carbonyl (C=O) groups excluding carboxylic acids is 2. The maximum absolute atomic E-state index is 13.9. The number of amides is 1. The first-order valence-corrected chi connectivity index (χ1v) is 11.3. The molecule has 0 aliphatic carbocycles. The van der Waals surface area contributed by atoms with Gasteiger partial charge in [0.2, 0.25) is 0 Å². The van der Waals surface area contributed by atoms with E-state index in [0.717, 1.165) is 0 Å². The summed E-state index contributed by atoms with van der Waals surface area (Å²) in [6.45, 7) is -0.000126. The third-order valence-corrected chi connectivity index (χ3v) is 5.88. The molecule has 0 unspecified atom stereocenters. The number of carbonyl (C=O) groups is 2. The first kappa shape index (κ1) is 22.7. The van der Waals surface area contributed by atoms with E-state index in [-0.39, 0.29) is 23.6 Å². The number of nitrogens with one attached hydrogen (secondary N) is 1. The fourth-order valence-electron chi connectivity index (χ4n) is 3.12. The Labute approximate surface area is 198 Å². The second-order valence-corrected chi connectivity index (χ2v) is 8.33. The molecule has 0 radical (unpaired) electrons. The van der Waals surface area contributed by atoms with Gasteiger partial charge in [0.1, 0.15) is 5.82 Å². The standard InChI is InChI=1S/C24H18ClFN4O2S/c25-17-9-6-10-18(13-17)30-22(14-27-23(32)19-11-4-5-12-20(19)26)28-29-24(30)33-15-21(31)16-7-2-1-3-8-16/h1-13H,14-15H2,(H,27,32). The normalized spacial score (nSPS) is 10.7. The lowest BCUT2D eigenvalue weighted by Crippen LogP contribution is -2.25. The molecular weight excluding hydrogens is 463 g/mol. The molecule has 0 saturated carbocycles. The third kappa shape index (κ3) is 5.47. The molecule has 0 saturated heterocycles. The Morgan fingerprint density at radius 1 is 0.970 bits per heavy atom. The van der Waals surface area contributed by atoms with Gasteiger partial charge in [-0.2, -0.15) is 0 Å². The molecule has 166 valence electrons. The molecule has 33 heavy (non-hydrogen) atoms. The zero-order valence-electron chi connectivity index (χ0n) is 17.2. The van der Waals surface area contributed by atoms with Gasteiger partial charge in [-0.15, -0.1) is 10.2 Å². The van der Waals surface area contributed by atoms with Crippen LogP contribution >= 0.6 is 23.4 Å². The number of halogens is 2. The molecule has 0 bridgehead atoms. The third-order valence-electron chi connectivity index (χ3n) is 4.72. The highest BCUT2D eigenvalue weighted by Gasteiger charge is 2.18. The summed E-state index contributed by atoms with van der Waals surface area (Å²) in [6.07, 6.45) is 0. The van der Waals surface area contributed by atoms with E-state index >= 15 is 0 Å². The smallest absolute Gasteiger partial charge is 0.254 e. The van der Waals surface area contributed by atoms with Crippen molar-refractivity contribution in [1.82, 2.24) is 20.1 Å². The van der Waals surface area contributed by atoms with E-state index in [2.05, 4.69) is 15.5 Å². The Balaban J connectivity index is 1.57. The fraction of sp³-hybridized carbons (Fsp3) is 0.0833. The van der Waals surface area contributed by atoms with E-state index in [1.807, 2.05) is 24.3 Å². The van der Waals surface area contributed by atoms with Crippen LogP contribution in [0.3, 0.4) is 0 Å². The molecule has 6 nitrogen and oxygen atoms in total. The summed E-state index contributed by atoms with van der Waals surface area (Å²) in [5, 5.41) is 12.1. The minimum atomic E-state index is -0.609. The van der Waals surface area contributed by atoms with E-state index in [0.29, 0.717) is 27.3 Å². The summed E-state index contributed by atoms with van der Waals surface area (Å²) < 4.78 is 15.6. The number of thioether (sulfide) groups is 1. The molecule has 4 rings (SSSR count). The molecule has 0 atom stereocenters. The Morgan fingerprint density at radius 2 is 1.73 bits per heavy atom. The van der Waals surface area contributed by atoms with Gasteiger partial charge in [-0.1, -0.05) is 71.9 Å². The number of benzene rings is 3. The maximum atomic E-state index is 13.9. The lowest BCUT2D eigenvalue weighted by molar-refractivity contribution is 0.0944. The van der Waals surface area contributed by atoms with E-state index in [9.17, 15) is 14.0 Å². The minimum absolute atomic E-state index is 0.000126. The lowest BCUT2D eigenvalue weighted by atomic mass is 10.2. The van der Waals surface area contributed by atoms with Gasteiger partial charge in [0.25, 0.3) is 5.91 Å². The van der Waals surface area contributed by atoms with E-state index in [1.165, 1.54) is 30.0 Å². The molecule has 4 aromatic rings. The van der Waals surface area contributed by atoms with Crippen LogP contribution in [0.15, 0.2) is 84.0 Å². The predicted octanol–water partition coefficient (Wildman–Crippen LogP) is 4.96. The molecule has 3 aromatic carbocycles. The molecule has 0 aliphatic rings. The molecule has 9 heteroatoms. The summed E-state index contributed by atoms with van der Waals surface area (Å²) in [5.74, 6) is -0.652. The average molecular weight is 481 g/mol. The highest BCUT2D eigenvalue weighted by molar-refractivity contribution is 7.99. The van der Waals surface area contributed by atoms with Crippen molar-refractivity contribution in [3.05, 3.63) is 107 Å². The molecule has 1 amide bonds. The Bertz CT molecular complexity index is 1300. The molecule has 1 N–H and O–H groups in total. The van der Waals surface area contributed by atoms with Crippen LogP contribution in [0.5, 0.6) is 0 Å². The zero-order valence-corrected chi connectivity index (χ0v) is 18.8. The van der Waals surface area contributed by atoms with Gasteiger partial charge in [-0.25, -0.2) is 4.39 Å². The van der Waals surface area contributed by atoms with Crippen molar-refractivity contribution in [3.63, 3.8) is 0 Å². The molecule has 1 aromatic heterocycles. The highest BCUT2D eigenvalue weighted by Crippen LogP contribution is 2.25. The maximum Gasteiger partial charge on any atom is 0.254 e. The number of rotatable bonds is 8. The van der Waals surface area contributed by atoms with Crippen molar-refractivity contribution in [2.24, 2.45) is 0 Å². The Kier molecular flexibility index (Phi) is 7.16. The summed E-state index contributed by atoms with van der Waals surface area (Å²) in [5.41, 5.74) is 1.22. The van der Waals surface area contributed by atoms with Gasteiger partial charge >= 0.3 is 0 Å². The van der Waals surface area contributed by atoms with Crippen molar-refractivity contribution < 1.29 is 14.0 Å². The van der Waals surface area contributed by atoms with Gasteiger partial charge in [-0.3, -0.25) is 14.2 Å². The van der Waals surface area contributed by atoms with Crippen LogP contribution in [0.2, 0.25) is 5.02 Å². The first-order chi connectivity index (χ1) is 16.0. The molecular formula is C24H18ClFN4O2S. The average Bonchev–Trinajstić information content (AvgIpc) is 3.24. The lowest BCUT2D eigenvalue weighted by Gasteiger charge is -2.11. The van der Waals surface area contributed by atoms with Crippen molar-refractivity contribution >= 4 is 35.1 Å². The first-order valence-electron chi connectivity index (χ1n) is 9.97. The van der Waals surface area contributed by atoms with Gasteiger partial charge in [0, 0.05) is 10.6 Å². The summed E-state index contributed by atoms with van der Waals surface area (Å²) in [7, 11) is 0. The number of hydrogen-bond donors (Lipinski definition) is 1. The van der Waals surface area contributed by atoms with Crippen LogP contribution in [0.1, 0.15) is 26.5 Å². The Morgan fingerprint density at radius 3 is 2.48 bits per heavy atom. The van der Waals surface area contributed by atoms with Gasteiger partial charge < -0.3 is 5.32 Å². The van der Waals surface area contributed by atoms with E-state index in [4.69, 9.17) is 11.6 Å². The topological polar surface area (TPSA) is 76.9 Å². The van der Waals surface area contributed by atoms with Crippen LogP contribution in [-0.4, -0.2) is 32.2 Å². The summed E-state index contributed by atoms with van der Waals surface area (Å²) >= 11 is 7.40. The number of hydrogen-bond acceptors (Lipinski definition) is 5. The molecule has 0 aliphatic heterocycles. The van der Waals surface area contributed by atoms with Gasteiger partial charge in [0.15, 0.2) is 16.8 Å². The van der Waals surface area contributed by atoms with Gasteiger partial charge in [-0.05, 0) is 30.3 Å². The van der Waals surface area contributed by atoms with Crippen LogP contribution in [0.4, 0.5) is 4.39 Å². The second kappa shape index (κ2) is 10.4. The SMILES string of the molecule is O=C(CSc1nnc(CNC(=O)c2ccccc2F)n1-c1cccc(Cl)c1)c1ccccc1. The monoisotopic (exact) mass is 480 g/mol. The summed E-state index contributed by atoms with van der Waals surface area (Å²) in [4.78, 5) is 25.0. The van der Waals surface area contributed by atoms with E-state index < -0.39 is 11.7 Å². The predicted molar refractivity (Wildman–Crippen MR) is 125 cm³/mol. The van der Waals surface area contributed by atoms with Crippen molar-refractivity contribution in [1.29, 1.82) is 0 Å². The molecule has 0 fully saturated rings. The highest BCUT2D eigenvalue weighted by atomic mass is 35.5. The van der Waals surface area contributed by atoms with E-state index in [1.54, 1.807) is 41.0 Å². The van der Waals surface area contributed by atoms with Crippen LogP contribution in [0.25, 0.3) is 5.69 Å². The largest absolute Gasteiger partial charge is 0.345 e. The van der Waals surface area contributed by atoms with Crippen LogP contribution in [0, 0.1) is 5.82 Å².